The van der Waals surface area contributed by atoms with Crippen molar-refractivity contribution in [2.24, 2.45) is 0 Å². The Balaban J connectivity index is 0.992. The maximum Gasteiger partial charge on any atom is 0.335 e. The summed E-state index contributed by atoms with van der Waals surface area (Å²) in [5.41, 5.74) is 9.94. The third-order valence-corrected chi connectivity index (χ3v) is 12.4. The van der Waals surface area contributed by atoms with Gasteiger partial charge in [0, 0.05) is 54.6 Å². The molecule has 3 aliphatic rings. The van der Waals surface area contributed by atoms with Crippen LogP contribution in [-0.4, -0.2) is 28.7 Å². The smallest absolute Gasteiger partial charge is 0.335 e. The van der Waals surface area contributed by atoms with Crippen LogP contribution in [0.4, 0.5) is 11.4 Å². The summed E-state index contributed by atoms with van der Waals surface area (Å²) in [4.78, 5) is 40.4. The van der Waals surface area contributed by atoms with Gasteiger partial charge in [-0.25, -0.2) is 4.79 Å². The van der Waals surface area contributed by atoms with Crippen LogP contribution in [0.3, 0.4) is 0 Å². The largest absolute Gasteiger partial charge is 0.478 e. The molecule has 2 unspecified atom stereocenters. The van der Waals surface area contributed by atoms with Crippen LogP contribution in [0.2, 0.25) is 0 Å². The zero-order valence-electron chi connectivity index (χ0n) is 29.2. The fourth-order valence-electron chi connectivity index (χ4n) is 8.81. The Morgan fingerprint density at radius 3 is 2.09 bits per heavy atom. The van der Waals surface area contributed by atoms with E-state index in [2.05, 4.69) is 114 Å². The lowest BCUT2D eigenvalue weighted by Crippen LogP contribution is -2.26. The van der Waals surface area contributed by atoms with Crippen LogP contribution in [0.5, 0.6) is 0 Å². The Bertz CT molecular complexity index is 2740. The quantitative estimate of drug-likeness (QED) is 0.105. The second-order valence-corrected chi connectivity index (χ2v) is 15.5. The summed E-state index contributed by atoms with van der Waals surface area (Å²) in [6.07, 6.45) is 7.52. The van der Waals surface area contributed by atoms with Gasteiger partial charge in [0.1, 0.15) is 0 Å². The number of benzene rings is 6. The number of hydrogen-bond acceptors (Lipinski definition) is 5. The molecular formula is C48H33NO4S. The van der Waals surface area contributed by atoms with Gasteiger partial charge in [-0.15, -0.1) is 11.3 Å². The average molecular weight is 720 g/mol. The van der Waals surface area contributed by atoms with Crippen molar-refractivity contribution in [3.63, 3.8) is 0 Å². The highest BCUT2D eigenvalue weighted by atomic mass is 32.1. The van der Waals surface area contributed by atoms with Crippen LogP contribution in [0, 0.1) is 0 Å². The number of carbonyl (C=O) groups excluding carboxylic acids is 2. The van der Waals surface area contributed by atoms with Crippen molar-refractivity contribution in [3.05, 3.63) is 184 Å². The van der Waals surface area contributed by atoms with Gasteiger partial charge in [-0.05, 0) is 107 Å². The summed E-state index contributed by atoms with van der Waals surface area (Å²) in [5, 5.41) is 11.7. The molecule has 2 aliphatic carbocycles. The van der Waals surface area contributed by atoms with E-state index >= 15 is 0 Å². The molecule has 0 bridgehead atoms. The summed E-state index contributed by atoms with van der Waals surface area (Å²) >= 11 is 1.71. The standard InChI is InChI=1S/C48H33NO4S/c50-46-37-19-16-32(48(52)53)26-40(37)47(51)41(46)24-29-14-18-35-36-20-17-33(27-45(36)54-44(35)25-29)49-42-13-7-12-34(42)39-23-28(15-21-43(39)49)22-38(30-8-3-1-4-9-30)31-10-5-2-6-11-31/h1-6,8-11,14-27,34,42H,7,12-13H2,(H,52,53)/b41-24+. The van der Waals surface area contributed by atoms with Gasteiger partial charge in [0.25, 0.3) is 0 Å². The first-order valence-electron chi connectivity index (χ1n) is 18.3. The van der Waals surface area contributed by atoms with Crippen molar-refractivity contribution >= 4 is 78.1 Å². The van der Waals surface area contributed by atoms with Gasteiger partial charge < -0.3 is 10.0 Å². The van der Waals surface area contributed by atoms with Crippen molar-refractivity contribution in [2.75, 3.05) is 4.90 Å². The molecule has 1 N–H and O–H groups in total. The van der Waals surface area contributed by atoms with Crippen molar-refractivity contribution in [1.82, 2.24) is 0 Å². The van der Waals surface area contributed by atoms with Crippen LogP contribution in [0.1, 0.15) is 84.1 Å². The molecule has 7 aromatic rings. The van der Waals surface area contributed by atoms with Gasteiger partial charge in [-0.3, -0.25) is 9.59 Å². The SMILES string of the molecule is O=C(O)c1ccc2c(c1)C(=O)/C(=C/c1ccc3c(c1)sc1cc(N4c5ccc(C=C(c6ccccc6)c6ccccc6)cc5C5CCCC54)ccc13)C2=O. The summed E-state index contributed by atoms with van der Waals surface area (Å²) in [5.74, 6) is -1.46. The number of Topliss-reactive ketones (excluding diaryl/α,β-unsaturated/α-hetero) is 2. The van der Waals surface area contributed by atoms with Gasteiger partial charge in [-0.2, -0.15) is 0 Å². The molecule has 54 heavy (non-hydrogen) atoms. The van der Waals surface area contributed by atoms with Crippen LogP contribution >= 0.6 is 11.3 Å². The van der Waals surface area contributed by atoms with Crippen molar-refractivity contribution in [2.45, 2.75) is 31.2 Å². The second kappa shape index (κ2) is 12.6. The molecule has 1 fully saturated rings. The molecule has 10 rings (SSSR count). The number of fused-ring (bicyclic) bond motifs is 7. The van der Waals surface area contributed by atoms with E-state index in [9.17, 15) is 19.5 Å². The van der Waals surface area contributed by atoms with E-state index in [0.717, 1.165) is 22.1 Å². The van der Waals surface area contributed by atoms with Crippen LogP contribution < -0.4 is 4.90 Å². The van der Waals surface area contributed by atoms with Crippen LogP contribution in [0.25, 0.3) is 37.9 Å². The normalized spacial score (nSPS) is 18.0. The molecule has 0 saturated heterocycles. The highest BCUT2D eigenvalue weighted by Gasteiger charge is 2.42. The lowest BCUT2D eigenvalue weighted by atomic mass is 9.93. The molecule has 1 saturated carbocycles. The molecule has 5 nitrogen and oxygen atoms in total. The number of allylic oxidation sites excluding steroid dienone is 1. The van der Waals surface area contributed by atoms with E-state index in [0.29, 0.717) is 12.0 Å². The van der Waals surface area contributed by atoms with Gasteiger partial charge in [0.2, 0.25) is 0 Å². The molecule has 1 aliphatic heterocycles. The third-order valence-electron chi connectivity index (χ3n) is 11.3. The molecule has 2 atom stereocenters. The predicted octanol–water partition coefficient (Wildman–Crippen LogP) is 11.6. The Hall–Kier alpha value is -6.37. The maximum atomic E-state index is 13.2. The van der Waals surface area contributed by atoms with E-state index < -0.39 is 11.8 Å². The fraction of sp³-hybridized carbons (Fsp3) is 0.104. The lowest BCUT2D eigenvalue weighted by molar-refractivity contribution is 0.0696. The number of nitrogens with zero attached hydrogens (tertiary/aromatic N) is 1. The Morgan fingerprint density at radius 2 is 1.35 bits per heavy atom. The molecule has 6 heteroatoms. The van der Waals surface area contributed by atoms with E-state index in [1.165, 1.54) is 80.3 Å². The second-order valence-electron chi connectivity index (χ2n) is 14.4. The molecule has 1 aromatic heterocycles. The zero-order chi connectivity index (χ0) is 36.5. The number of aromatic carboxylic acids is 1. The number of rotatable bonds is 6. The summed E-state index contributed by atoms with van der Waals surface area (Å²) in [7, 11) is 0. The first kappa shape index (κ1) is 32.3. The van der Waals surface area contributed by atoms with Crippen LogP contribution in [0.15, 0.2) is 139 Å². The van der Waals surface area contributed by atoms with Crippen molar-refractivity contribution in [1.29, 1.82) is 0 Å². The summed E-state index contributed by atoms with van der Waals surface area (Å²) in [6, 6.07) is 45.6. The molecule has 0 spiro atoms. The Kier molecular flexibility index (Phi) is 7.56. The van der Waals surface area contributed by atoms with Crippen molar-refractivity contribution < 1.29 is 19.5 Å². The van der Waals surface area contributed by atoms with Gasteiger partial charge >= 0.3 is 5.97 Å². The van der Waals surface area contributed by atoms with Gasteiger partial charge in [0.15, 0.2) is 11.6 Å². The fourth-order valence-corrected chi connectivity index (χ4v) is 10.00. The minimum absolute atomic E-state index is 0.0127. The van der Waals surface area contributed by atoms with E-state index in [4.69, 9.17) is 0 Å². The average Bonchev–Trinajstić information content (AvgIpc) is 3.95. The van der Waals surface area contributed by atoms with Gasteiger partial charge in [-0.1, -0.05) is 91.3 Å². The number of anilines is 2. The van der Waals surface area contributed by atoms with Crippen molar-refractivity contribution in [3.8, 4) is 0 Å². The molecule has 2 heterocycles. The monoisotopic (exact) mass is 719 g/mol. The zero-order valence-corrected chi connectivity index (χ0v) is 30.0. The minimum Gasteiger partial charge on any atom is -0.478 e. The highest BCUT2D eigenvalue weighted by Crippen LogP contribution is 2.53. The van der Waals surface area contributed by atoms with E-state index in [1.807, 2.05) is 12.1 Å². The summed E-state index contributed by atoms with van der Waals surface area (Å²) in [6.45, 7) is 0. The lowest BCUT2D eigenvalue weighted by Gasteiger charge is -2.27. The first-order chi connectivity index (χ1) is 26.4. The number of carboxylic acid groups (broad SMARTS) is 1. The first-order valence-corrected chi connectivity index (χ1v) is 19.1. The number of hydrogen-bond donors (Lipinski definition) is 1. The number of ketones is 2. The Labute approximate surface area is 316 Å². The predicted molar refractivity (Wildman–Crippen MR) is 218 cm³/mol. The summed E-state index contributed by atoms with van der Waals surface area (Å²) < 4.78 is 2.26. The molecule has 260 valence electrons. The maximum absolute atomic E-state index is 13.2. The molecule has 6 aromatic carbocycles. The topological polar surface area (TPSA) is 74.7 Å². The molecule has 0 radical (unpaired) electrons. The third kappa shape index (κ3) is 5.25. The van der Waals surface area contributed by atoms with Crippen LogP contribution in [-0.2, 0) is 0 Å². The molecule has 0 amide bonds. The van der Waals surface area contributed by atoms with Gasteiger partial charge in [0.05, 0.1) is 11.1 Å². The number of carbonyl (C=O) groups is 3. The number of carboxylic acids is 1. The Morgan fingerprint density at radius 1 is 0.667 bits per heavy atom. The van der Waals surface area contributed by atoms with E-state index in [-0.39, 0.29) is 28.0 Å². The number of thiophene rings is 1. The minimum atomic E-state index is -1.13. The van der Waals surface area contributed by atoms with E-state index in [1.54, 1.807) is 17.4 Å². The molecular weight excluding hydrogens is 687 g/mol. The highest BCUT2D eigenvalue weighted by molar-refractivity contribution is 7.25.